The highest BCUT2D eigenvalue weighted by atomic mass is 16.7. The number of rotatable bonds is 21. The van der Waals surface area contributed by atoms with Crippen molar-refractivity contribution in [3.63, 3.8) is 0 Å². The smallest absolute Gasteiger partial charge is 0.326 e. The van der Waals surface area contributed by atoms with E-state index in [4.69, 9.17) is 30.4 Å². The predicted octanol–water partition coefficient (Wildman–Crippen LogP) is 1.54. The quantitative estimate of drug-likeness (QED) is 0.0157. The van der Waals surface area contributed by atoms with E-state index in [1.165, 1.54) is 26.4 Å². The van der Waals surface area contributed by atoms with E-state index in [-0.39, 0.29) is 50.2 Å². The molecule has 306 valence electrons. The van der Waals surface area contributed by atoms with Gasteiger partial charge in [-0.25, -0.2) is 4.79 Å². The molecule has 0 spiro atoms. The van der Waals surface area contributed by atoms with E-state index in [9.17, 15) is 34.8 Å². The van der Waals surface area contributed by atoms with Crippen molar-refractivity contribution < 1.29 is 53.8 Å². The molecule has 2 amide bonds. The zero-order chi connectivity index (χ0) is 40.6. The second-order valence-electron chi connectivity index (χ2n) is 14.6. The molecule has 0 saturated carbocycles. The number of aliphatic carboxylic acids is 1. The average molecular weight is 766 g/mol. The number of aliphatic hydroxyl groups is 3. The number of carboxylic acids is 1. The van der Waals surface area contributed by atoms with E-state index >= 15 is 0 Å². The number of nitrogens with one attached hydrogen (secondary N) is 2. The summed E-state index contributed by atoms with van der Waals surface area (Å²) in [7, 11) is 2.75. The number of carboxylic acid groups (broad SMARTS) is 1. The summed E-state index contributed by atoms with van der Waals surface area (Å²) in [5, 5.41) is 47.6. The molecular weight excluding hydrogens is 702 g/mol. The highest BCUT2D eigenvalue weighted by molar-refractivity contribution is 5.91. The molecule has 2 aliphatic rings. The molecule has 16 nitrogen and oxygen atoms in total. The number of amides is 2. The fourth-order valence-electron chi connectivity index (χ4n) is 6.38. The van der Waals surface area contributed by atoms with Crippen molar-refractivity contribution in [3.05, 3.63) is 48.6 Å². The lowest BCUT2D eigenvalue weighted by Crippen LogP contribution is -2.62. The summed E-state index contributed by atoms with van der Waals surface area (Å²) in [6.45, 7) is 11.8. The molecule has 54 heavy (non-hydrogen) atoms. The van der Waals surface area contributed by atoms with Gasteiger partial charge in [0.1, 0.15) is 12.1 Å². The Bertz CT molecular complexity index is 1360. The standard InChI is InChI=1S/C38H63N5O11/c1-23-22-38(52-7,54-25(3)24(23)2)32(47)33(48)43-34(51-6)28-21-29(45)37(4,5)30(53-28)20-26(44)16-13-11-9-8-10-12-14-18-31(46)42-27(35(49)50)17-15-19-41-36(39)40/h8-10,12,14,18,24-30,32,34,44-45,47H,1,11,13,15-17,19-22H2,2-7H3,(H,42,46)(H,43,48)(H,49,50)(H4,39,40,41). The minimum Gasteiger partial charge on any atom is -0.480 e. The molecule has 0 radical (unpaired) electrons. The van der Waals surface area contributed by atoms with Gasteiger partial charge in [-0.2, -0.15) is 0 Å². The number of hydrogen-bond donors (Lipinski definition) is 8. The molecule has 2 heterocycles. The summed E-state index contributed by atoms with van der Waals surface area (Å²) in [5.41, 5.74) is 10.6. The lowest BCUT2D eigenvalue weighted by molar-refractivity contribution is -0.298. The first-order valence-electron chi connectivity index (χ1n) is 18.4. The van der Waals surface area contributed by atoms with Crippen LogP contribution in [0.4, 0.5) is 0 Å². The molecule has 10 unspecified atom stereocenters. The highest BCUT2D eigenvalue weighted by Crippen LogP contribution is 2.41. The number of carbonyl (C=O) groups excluding carboxylic acids is 2. The first kappa shape index (κ1) is 46.5. The third kappa shape index (κ3) is 13.9. The Morgan fingerprint density at radius 1 is 1.07 bits per heavy atom. The molecule has 10 atom stereocenters. The number of carbonyl (C=O) groups is 3. The summed E-state index contributed by atoms with van der Waals surface area (Å²) in [4.78, 5) is 40.6. The fourth-order valence-corrected chi connectivity index (χ4v) is 6.38. The number of aliphatic hydroxyl groups excluding tert-OH is 3. The van der Waals surface area contributed by atoms with Gasteiger partial charge in [-0.1, -0.05) is 63.3 Å². The van der Waals surface area contributed by atoms with E-state index in [1.807, 2.05) is 33.8 Å². The topological polar surface area (TPSA) is 258 Å². The molecule has 0 aromatic heterocycles. The van der Waals surface area contributed by atoms with Crippen molar-refractivity contribution >= 4 is 23.7 Å². The first-order valence-corrected chi connectivity index (χ1v) is 18.4. The van der Waals surface area contributed by atoms with E-state index in [0.29, 0.717) is 25.7 Å². The molecule has 0 aromatic carbocycles. The normalized spacial score (nSPS) is 28.1. The minimum atomic E-state index is -1.71. The number of methoxy groups -OCH3 is 2. The van der Waals surface area contributed by atoms with Crippen molar-refractivity contribution in [3.8, 4) is 0 Å². The van der Waals surface area contributed by atoms with E-state index in [0.717, 1.165) is 5.57 Å². The summed E-state index contributed by atoms with van der Waals surface area (Å²) >= 11 is 0. The van der Waals surface area contributed by atoms with E-state index in [2.05, 4.69) is 22.2 Å². The zero-order valence-electron chi connectivity index (χ0n) is 32.5. The Hall–Kier alpha value is -3.64. The summed E-state index contributed by atoms with van der Waals surface area (Å²) in [6.07, 6.45) is 6.71. The van der Waals surface area contributed by atoms with Crippen LogP contribution in [-0.4, -0.2) is 120 Å². The molecule has 2 saturated heterocycles. The van der Waals surface area contributed by atoms with Crippen LogP contribution in [0.2, 0.25) is 0 Å². The lowest BCUT2D eigenvalue weighted by Gasteiger charge is -2.48. The highest BCUT2D eigenvalue weighted by Gasteiger charge is 2.51. The first-order chi connectivity index (χ1) is 25.4. The van der Waals surface area contributed by atoms with Crippen molar-refractivity contribution in [2.45, 2.75) is 134 Å². The van der Waals surface area contributed by atoms with Gasteiger partial charge in [-0.3, -0.25) is 14.6 Å². The van der Waals surface area contributed by atoms with Gasteiger partial charge < -0.3 is 61.5 Å². The van der Waals surface area contributed by atoms with E-state index in [1.54, 1.807) is 18.2 Å². The number of hydrogen-bond acceptors (Lipinski definition) is 11. The predicted molar refractivity (Wildman–Crippen MR) is 203 cm³/mol. The molecule has 0 aliphatic carbocycles. The Morgan fingerprint density at radius 3 is 2.37 bits per heavy atom. The molecular formula is C38H63N5O11. The van der Waals surface area contributed by atoms with Gasteiger partial charge in [0.25, 0.3) is 5.91 Å². The summed E-state index contributed by atoms with van der Waals surface area (Å²) < 4.78 is 23.5. The number of aliphatic imine (C=N–C) groups is 1. The van der Waals surface area contributed by atoms with Gasteiger partial charge in [-0.15, -0.1) is 0 Å². The largest absolute Gasteiger partial charge is 0.480 e. The number of nitrogens with two attached hydrogens (primary N) is 2. The van der Waals surface area contributed by atoms with Crippen LogP contribution >= 0.6 is 0 Å². The van der Waals surface area contributed by atoms with Crippen molar-refractivity contribution in [1.82, 2.24) is 10.6 Å². The Kier molecular flexibility index (Phi) is 19.0. The minimum absolute atomic E-state index is 0.0163. The molecule has 10 N–H and O–H groups in total. The molecule has 0 bridgehead atoms. The Morgan fingerprint density at radius 2 is 1.76 bits per heavy atom. The maximum atomic E-state index is 13.3. The summed E-state index contributed by atoms with van der Waals surface area (Å²) in [6, 6.07) is -1.06. The van der Waals surface area contributed by atoms with Gasteiger partial charge in [0.15, 0.2) is 18.3 Å². The fraction of sp³-hybridized carbons (Fsp3) is 0.684. The second-order valence-corrected chi connectivity index (χ2v) is 14.6. The average Bonchev–Trinajstić information content (AvgIpc) is 3.11. The Balaban J connectivity index is 1.86. The van der Waals surface area contributed by atoms with Crippen LogP contribution in [-0.2, 0) is 33.3 Å². The molecule has 2 rings (SSSR count). The van der Waals surface area contributed by atoms with Crippen LogP contribution in [0.25, 0.3) is 0 Å². The molecule has 0 aromatic rings. The zero-order valence-corrected chi connectivity index (χ0v) is 32.5. The van der Waals surface area contributed by atoms with Crippen molar-refractivity contribution in [2.24, 2.45) is 27.8 Å². The van der Waals surface area contributed by atoms with Gasteiger partial charge >= 0.3 is 5.97 Å². The van der Waals surface area contributed by atoms with Crippen LogP contribution in [0, 0.1) is 11.3 Å². The molecule has 16 heteroatoms. The van der Waals surface area contributed by atoms with Crippen molar-refractivity contribution in [1.29, 1.82) is 0 Å². The van der Waals surface area contributed by atoms with Gasteiger partial charge in [0.05, 0.1) is 24.4 Å². The SMILES string of the molecule is C=C1CC(OC)(C(O)C(=O)NC(OC)C2CC(O)C(C)(C)C(CC(O)CCCC=CC=CC=CC(=O)NC(CCCN=C(N)N)C(=O)O)O2)OC(C)C1C. The number of allylic oxidation sites excluding steroid dienone is 5. The third-order valence-corrected chi connectivity index (χ3v) is 10.2. The number of guanidine groups is 1. The van der Waals surface area contributed by atoms with Crippen LogP contribution in [0.1, 0.15) is 79.1 Å². The van der Waals surface area contributed by atoms with Crippen LogP contribution in [0.5, 0.6) is 0 Å². The van der Waals surface area contributed by atoms with E-state index < -0.39 is 71.8 Å². The number of nitrogens with zero attached hydrogens (tertiary/aromatic N) is 1. The van der Waals surface area contributed by atoms with Gasteiger partial charge in [0.2, 0.25) is 11.7 Å². The second kappa shape index (κ2) is 22.0. The van der Waals surface area contributed by atoms with Gasteiger partial charge in [0, 0.05) is 57.4 Å². The number of ether oxygens (including phenoxy) is 4. The van der Waals surface area contributed by atoms with Crippen LogP contribution in [0.15, 0.2) is 53.6 Å². The summed E-state index contributed by atoms with van der Waals surface area (Å²) in [5.74, 6) is -4.17. The molecule has 2 aliphatic heterocycles. The van der Waals surface area contributed by atoms with Crippen LogP contribution in [0.3, 0.4) is 0 Å². The van der Waals surface area contributed by atoms with Crippen LogP contribution < -0.4 is 22.1 Å². The monoisotopic (exact) mass is 765 g/mol. The maximum absolute atomic E-state index is 13.3. The number of unbranched alkanes of at least 4 members (excludes halogenated alkanes) is 1. The lowest BCUT2D eigenvalue weighted by atomic mass is 9.74. The van der Waals surface area contributed by atoms with Crippen molar-refractivity contribution in [2.75, 3.05) is 20.8 Å². The third-order valence-electron chi connectivity index (χ3n) is 10.2. The molecule has 2 fully saturated rings. The van der Waals surface area contributed by atoms with Gasteiger partial charge in [-0.05, 0) is 39.0 Å². The Labute approximate surface area is 318 Å². The maximum Gasteiger partial charge on any atom is 0.326 e.